The van der Waals surface area contributed by atoms with Crippen LogP contribution in [0.15, 0.2) is 77.7 Å². The average molecular weight is 509 g/mol. The minimum absolute atomic E-state index is 0.0242. The van der Waals surface area contributed by atoms with Crippen LogP contribution in [-0.4, -0.2) is 43.5 Å². The molecule has 4 rings (SSSR count). The number of hydrogen-bond donors (Lipinski definition) is 4. The van der Waals surface area contributed by atoms with Crippen LogP contribution in [0.3, 0.4) is 0 Å². The smallest absolute Gasteiger partial charge is 0.250 e. The van der Waals surface area contributed by atoms with Crippen molar-refractivity contribution in [2.24, 2.45) is 5.73 Å². The van der Waals surface area contributed by atoms with Gasteiger partial charge in [0.25, 0.3) is 0 Å². The number of benzene rings is 3. The van der Waals surface area contributed by atoms with Crippen molar-refractivity contribution < 1.29 is 13.2 Å². The zero-order valence-electron chi connectivity index (χ0n) is 19.4. The molecule has 1 saturated heterocycles. The van der Waals surface area contributed by atoms with E-state index in [1.165, 1.54) is 6.26 Å². The number of carbonyl (C=O) groups excluding carboxylic acids is 1. The van der Waals surface area contributed by atoms with E-state index in [2.05, 4.69) is 10.6 Å². The minimum Gasteiger partial charge on any atom is -0.384 e. The van der Waals surface area contributed by atoms with E-state index in [0.717, 1.165) is 22.8 Å². The topological polar surface area (TPSA) is 125 Å². The third kappa shape index (κ3) is 5.68. The molecule has 7 nitrogen and oxygen atoms in total. The molecular weight excluding hydrogens is 480 g/mol. The van der Waals surface area contributed by atoms with Gasteiger partial charge in [-0.2, -0.15) is 11.8 Å². The Hall–Kier alpha value is -3.30. The zero-order chi connectivity index (χ0) is 25.1. The predicted octanol–water partition coefficient (Wildman–Crippen LogP) is 4.36. The number of amidine groups is 1. The highest BCUT2D eigenvalue weighted by atomic mass is 32.2. The molecule has 0 unspecified atom stereocenters. The predicted molar refractivity (Wildman–Crippen MR) is 144 cm³/mol. The fourth-order valence-corrected chi connectivity index (χ4v) is 6.28. The second-order valence-electron chi connectivity index (χ2n) is 8.61. The van der Waals surface area contributed by atoms with Crippen LogP contribution < -0.4 is 16.4 Å². The van der Waals surface area contributed by atoms with Gasteiger partial charge in [-0.3, -0.25) is 10.2 Å². The summed E-state index contributed by atoms with van der Waals surface area (Å²) in [6.07, 6.45) is 2.52. The standard InChI is InChI=1S/C26H28N4O3S2/c1-35(32,33)23-8-3-2-7-22(23)18-9-11-20(12-10-18)29-25(31)26(13-15-34-16-14-26)30-21-6-4-5-19(17-21)24(27)28/h2-12,17,30H,13-16H2,1H3,(H3,27,28)(H,29,31). The molecular formula is C26H28N4O3S2. The average Bonchev–Trinajstić information content (AvgIpc) is 2.85. The summed E-state index contributed by atoms with van der Waals surface area (Å²) in [5, 5.41) is 14.2. The van der Waals surface area contributed by atoms with Gasteiger partial charge in [-0.25, -0.2) is 8.42 Å². The molecule has 5 N–H and O–H groups in total. The Balaban J connectivity index is 1.57. The molecule has 1 heterocycles. The molecule has 0 aliphatic carbocycles. The van der Waals surface area contributed by atoms with E-state index in [4.69, 9.17) is 11.1 Å². The number of sulfone groups is 1. The van der Waals surface area contributed by atoms with Gasteiger partial charge in [-0.15, -0.1) is 0 Å². The number of anilines is 2. The van der Waals surface area contributed by atoms with E-state index >= 15 is 0 Å². The first-order valence-electron chi connectivity index (χ1n) is 11.2. The molecule has 0 bridgehead atoms. The summed E-state index contributed by atoms with van der Waals surface area (Å²) in [7, 11) is -3.37. The molecule has 182 valence electrons. The molecule has 0 spiro atoms. The lowest BCUT2D eigenvalue weighted by Gasteiger charge is -2.37. The summed E-state index contributed by atoms with van der Waals surface area (Å²) in [6.45, 7) is 0. The monoisotopic (exact) mass is 508 g/mol. The number of rotatable bonds is 7. The van der Waals surface area contributed by atoms with Gasteiger partial charge in [0, 0.05) is 28.8 Å². The highest BCUT2D eigenvalue weighted by Crippen LogP contribution is 2.33. The first kappa shape index (κ1) is 24.8. The number of amides is 1. The lowest BCUT2D eigenvalue weighted by Crippen LogP contribution is -2.52. The fraction of sp³-hybridized carbons (Fsp3) is 0.231. The number of hydrogen-bond acceptors (Lipinski definition) is 6. The lowest BCUT2D eigenvalue weighted by atomic mass is 9.90. The van der Waals surface area contributed by atoms with Crippen molar-refractivity contribution in [3.05, 3.63) is 78.4 Å². The van der Waals surface area contributed by atoms with Crippen molar-refractivity contribution in [3.8, 4) is 11.1 Å². The third-order valence-corrected chi connectivity index (χ3v) is 8.22. The van der Waals surface area contributed by atoms with Crippen molar-refractivity contribution >= 4 is 44.7 Å². The Morgan fingerprint density at radius 2 is 1.66 bits per heavy atom. The Morgan fingerprint density at radius 1 is 0.971 bits per heavy atom. The summed E-state index contributed by atoms with van der Waals surface area (Å²) in [5.41, 5.74) is 8.20. The van der Waals surface area contributed by atoms with Crippen LogP contribution >= 0.6 is 11.8 Å². The maximum absolute atomic E-state index is 13.5. The van der Waals surface area contributed by atoms with Crippen molar-refractivity contribution in [2.75, 3.05) is 28.4 Å². The lowest BCUT2D eigenvalue weighted by molar-refractivity contribution is -0.120. The van der Waals surface area contributed by atoms with E-state index in [0.29, 0.717) is 29.7 Å². The van der Waals surface area contributed by atoms with E-state index in [-0.39, 0.29) is 16.6 Å². The van der Waals surface area contributed by atoms with Crippen molar-refractivity contribution in [1.29, 1.82) is 5.41 Å². The number of nitrogens with two attached hydrogens (primary N) is 1. The third-order valence-electron chi connectivity index (χ3n) is 6.08. The summed E-state index contributed by atoms with van der Waals surface area (Å²) in [4.78, 5) is 13.8. The summed E-state index contributed by atoms with van der Waals surface area (Å²) >= 11 is 1.82. The first-order chi connectivity index (χ1) is 16.7. The number of nitrogen functional groups attached to an aromatic ring is 1. The Bertz CT molecular complexity index is 1350. The van der Waals surface area contributed by atoms with Crippen LogP contribution in [0.25, 0.3) is 11.1 Å². The molecule has 35 heavy (non-hydrogen) atoms. The summed E-state index contributed by atoms with van der Waals surface area (Å²) < 4.78 is 24.3. The Labute approximate surface area is 209 Å². The largest absolute Gasteiger partial charge is 0.384 e. The van der Waals surface area contributed by atoms with Crippen LogP contribution in [0.4, 0.5) is 11.4 Å². The molecule has 1 aliphatic rings. The highest BCUT2D eigenvalue weighted by Gasteiger charge is 2.40. The fourth-order valence-electron chi connectivity index (χ4n) is 4.18. The summed E-state index contributed by atoms with van der Waals surface area (Å²) in [5.74, 6) is 1.56. The van der Waals surface area contributed by atoms with Gasteiger partial charge in [0.2, 0.25) is 5.91 Å². The first-order valence-corrected chi connectivity index (χ1v) is 14.2. The number of thioether (sulfide) groups is 1. The van der Waals surface area contributed by atoms with Gasteiger partial charge >= 0.3 is 0 Å². The van der Waals surface area contributed by atoms with Crippen molar-refractivity contribution in [3.63, 3.8) is 0 Å². The molecule has 3 aromatic carbocycles. The van der Waals surface area contributed by atoms with E-state index in [1.54, 1.807) is 48.5 Å². The van der Waals surface area contributed by atoms with E-state index in [1.807, 2.05) is 36.0 Å². The van der Waals surface area contributed by atoms with Crippen LogP contribution in [-0.2, 0) is 14.6 Å². The minimum atomic E-state index is -3.37. The maximum atomic E-state index is 13.5. The molecule has 3 aromatic rings. The molecule has 0 atom stereocenters. The molecule has 1 aliphatic heterocycles. The van der Waals surface area contributed by atoms with Crippen LogP contribution in [0.5, 0.6) is 0 Å². The molecule has 0 saturated carbocycles. The zero-order valence-corrected chi connectivity index (χ0v) is 21.0. The SMILES string of the molecule is CS(=O)(=O)c1ccccc1-c1ccc(NC(=O)C2(Nc3cccc(C(=N)N)c3)CCSCC2)cc1. The van der Waals surface area contributed by atoms with Gasteiger partial charge < -0.3 is 16.4 Å². The molecule has 1 fully saturated rings. The van der Waals surface area contributed by atoms with Crippen LogP contribution in [0, 0.1) is 5.41 Å². The van der Waals surface area contributed by atoms with Gasteiger partial charge in [0.05, 0.1) is 4.90 Å². The van der Waals surface area contributed by atoms with Crippen LogP contribution in [0.2, 0.25) is 0 Å². The van der Waals surface area contributed by atoms with E-state index in [9.17, 15) is 13.2 Å². The Kier molecular flexibility index (Phi) is 7.18. The van der Waals surface area contributed by atoms with Crippen molar-refractivity contribution in [1.82, 2.24) is 0 Å². The van der Waals surface area contributed by atoms with Crippen molar-refractivity contribution in [2.45, 2.75) is 23.3 Å². The molecule has 9 heteroatoms. The van der Waals surface area contributed by atoms with Gasteiger partial charge in [-0.1, -0.05) is 42.5 Å². The molecule has 1 amide bonds. The molecule has 0 aromatic heterocycles. The normalized spacial score (nSPS) is 15.2. The number of nitrogens with one attached hydrogen (secondary N) is 3. The van der Waals surface area contributed by atoms with Crippen LogP contribution in [0.1, 0.15) is 18.4 Å². The quantitative estimate of drug-likeness (QED) is 0.278. The summed E-state index contributed by atoms with van der Waals surface area (Å²) in [6, 6.07) is 21.3. The molecule has 0 radical (unpaired) electrons. The van der Waals surface area contributed by atoms with E-state index < -0.39 is 15.4 Å². The maximum Gasteiger partial charge on any atom is 0.250 e. The second kappa shape index (κ2) is 10.1. The van der Waals surface area contributed by atoms with Gasteiger partial charge in [-0.05, 0) is 60.2 Å². The van der Waals surface area contributed by atoms with Gasteiger partial charge in [0.1, 0.15) is 11.4 Å². The Morgan fingerprint density at radius 3 is 2.31 bits per heavy atom. The van der Waals surface area contributed by atoms with Gasteiger partial charge in [0.15, 0.2) is 9.84 Å². The highest BCUT2D eigenvalue weighted by molar-refractivity contribution is 7.99. The second-order valence-corrected chi connectivity index (χ2v) is 11.8. The number of carbonyl (C=O) groups is 1.